The fourth-order valence-corrected chi connectivity index (χ4v) is 5.64. The molecule has 0 aliphatic rings. The molecule has 0 spiro atoms. The van der Waals surface area contributed by atoms with E-state index in [1.165, 1.54) is 12.5 Å². The Kier molecular flexibility index (Phi) is 6.77. The highest BCUT2D eigenvalue weighted by molar-refractivity contribution is 6.61. The van der Waals surface area contributed by atoms with Crippen LogP contribution in [0.1, 0.15) is 54.9 Å². The molecule has 2 heteroatoms. The van der Waals surface area contributed by atoms with Crippen molar-refractivity contribution >= 4 is 8.80 Å². The summed E-state index contributed by atoms with van der Waals surface area (Å²) in [6, 6.07) is 1.44. The second-order valence-electron chi connectivity index (χ2n) is 6.25. The van der Waals surface area contributed by atoms with E-state index in [1.54, 1.807) is 0 Å². The summed E-state index contributed by atoms with van der Waals surface area (Å²) in [6.45, 7) is 16.9. The molecule has 0 rings (SSSR count). The number of rotatable bonds is 6. The molecule has 92 valence electrons. The van der Waals surface area contributed by atoms with Gasteiger partial charge in [-0.25, -0.2) is 0 Å². The van der Waals surface area contributed by atoms with Crippen molar-refractivity contribution in [3.05, 3.63) is 0 Å². The Balaban J connectivity index is 3.73. The molecule has 0 atom stereocenters. The van der Waals surface area contributed by atoms with Crippen LogP contribution >= 0.6 is 0 Å². The van der Waals surface area contributed by atoms with Crippen LogP contribution in [0.2, 0.25) is 17.1 Å². The van der Waals surface area contributed by atoms with Crippen LogP contribution in [0.4, 0.5) is 0 Å². The first-order valence-electron chi connectivity index (χ1n) is 6.38. The van der Waals surface area contributed by atoms with Gasteiger partial charge in [-0.05, 0) is 27.2 Å². The summed E-state index contributed by atoms with van der Waals surface area (Å²) in [5.74, 6) is 0. The highest BCUT2D eigenvalue weighted by atomic mass is 28.3. The minimum atomic E-state index is -0.546. The van der Waals surface area contributed by atoms with Crippen molar-refractivity contribution in [1.29, 1.82) is 0 Å². The molecule has 0 saturated heterocycles. The zero-order valence-electron chi connectivity index (χ0n) is 11.8. The molecular formula is C13H30OSi. The average Bonchev–Trinajstić information content (AvgIpc) is 2.00. The lowest BCUT2D eigenvalue weighted by Crippen LogP contribution is -2.23. The van der Waals surface area contributed by atoms with Crippen LogP contribution < -0.4 is 0 Å². The summed E-state index contributed by atoms with van der Waals surface area (Å²) >= 11 is 0. The van der Waals surface area contributed by atoms with E-state index in [2.05, 4.69) is 48.5 Å². The Morgan fingerprint density at radius 2 is 1.47 bits per heavy atom. The molecule has 0 fully saturated rings. The first-order chi connectivity index (χ1) is 6.74. The third-order valence-electron chi connectivity index (χ3n) is 2.93. The van der Waals surface area contributed by atoms with Gasteiger partial charge in [0, 0.05) is 15.4 Å². The van der Waals surface area contributed by atoms with E-state index >= 15 is 0 Å². The highest BCUT2D eigenvalue weighted by Crippen LogP contribution is 2.24. The monoisotopic (exact) mass is 230 g/mol. The van der Waals surface area contributed by atoms with E-state index in [1.807, 2.05) is 0 Å². The van der Waals surface area contributed by atoms with Crippen molar-refractivity contribution < 1.29 is 4.74 Å². The lowest BCUT2D eigenvalue weighted by molar-refractivity contribution is -0.00243. The predicted octanol–water partition coefficient (Wildman–Crippen LogP) is 4.24. The standard InChI is InChI=1S/C13H30OSi/c1-11(2)15(12(3)4)10-8-9-14-13(5,6)7/h11-12,15H,8-10H2,1-7H3. The molecule has 0 saturated carbocycles. The topological polar surface area (TPSA) is 9.23 Å². The zero-order valence-corrected chi connectivity index (χ0v) is 12.9. The first kappa shape index (κ1) is 15.2. The van der Waals surface area contributed by atoms with Gasteiger partial charge in [0.25, 0.3) is 0 Å². The van der Waals surface area contributed by atoms with Crippen LogP contribution in [0.5, 0.6) is 0 Å². The quantitative estimate of drug-likeness (QED) is 0.490. The maximum Gasteiger partial charge on any atom is 0.0598 e. The van der Waals surface area contributed by atoms with Gasteiger partial charge in [-0.2, -0.15) is 0 Å². The van der Waals surface area contributed by atoms with E-state index in [9.17, 15) is 0 Å². The van der Waals surface area contributed by atoms with Gasteiger partial charge in [-0.1, -0.05) is 44.8 Å². The van der Waals surface area contributed by atoms with Crippen LogP contribution in [-0.4, -0.2) is 21.0 Å². The number of hydrogen-bond donors (Lipinski definition) is 0. The average molecular weight is 230 g/mol. The molecule has 0 bridgehead atoms. The Morgan fingerprint density at radius 3 is 1.80 bits per heavy atom. The second kappa shape index (κ2) is 6.69. The molecular weight excluding hydrogens is 200 g/mol. The van der Waals surface area contributed by atoms with Crippen molar-refractivity contribution in [3.63, 3.8) is 0 Å². The Bertz CT molecular complexity index is 150. The van der Waals surface area contributed by atoms with Gasteiger partial charge in [0.05, 0.1) is 5.60 Å². The SMILES string of the molecule is CC(C)[SiH](CCCOC(C)(C)C)C(C)C. The smallest absolute Gasteiger partial charge is 0.0598 e. The van der Waals surface area contributed by atoms with E-state index in [0.717, 1.165) is 17.7 Å². The van der Waals surface area contributed by atoms with E-state index in [0.29, 0.717) is 0 Å². The molecule has 0 radical (unpaired) electrons. The van der Waals surface area contributed by atoms with Crippen LogP contribution in [-0.2, 0) is 4.74 Å². The van der Waals surface area contributed by atoms with Gasteiger partial charge in [0.15, 0.2) is 0 Å². The van der Waals surface area contributed by atoms with Crippen LogP contribution in [0.15, 0.2) is 0 Å². The molecule has 0 aliphatic heterocycles. The molecule has 0 aliphatic carbocycles. The number of ether oxygens (including phenoxy) is 1. The summed E-state index contributed by atoms with van der Waals surface area (Å²) in [5.41, 5.74) is 1.89. The minimum Gasteiger partial charge on any atom is -0.376 e. The lowest BCUT2D eigenvalue weighted by atomic mass is 10.2. The van der Waals surface area contributed by atoms with E-state index < -0.39 is 8.80 Å². The third-order valence-corrected chi connectivity index (χ3v) is 7.43. The van der Waals surface area contributed by atoms with Gasteiger partial charge in [0.2, 0.25) is 0 Å². The van der Waals surface area contributed by atoms with Crippen LogP contribution in [0.25, 0.3) is 0 Å². The second-order valence-corrected chi connectivity index (χ2v) is 10.8. The summed E-state index contributed by atoms with van der Waals surface area (Å²) in [6.07, 6.45) is 1.25. The van der Waals surface area contributed by atoms with Crippen LogP contribution in [0, 0.1) is 0 Å². The Labute approximate surface area is 98.2 Å². The largest absolute Gasteiger partial charge is 0.376 e. The normalized spacial score (nSPS) is 13.2. The molecule has 15 heavy (non-hydrogen) atoms. The highest BCUT2D eigenvalue weighted by Gasteiger charge is 2.19. The molecule has 0 amide bonds. The van der Waals surface area contributed by atoms with Crippen molar-refractivity contribution in [2.45, 2.75) is 77.6 Å². The summed E-state index contributed by atoms with van der Waals surface area (Å²) in [5, 5.41) is 0. The van der Waals surface area contributed by atoms with Crippen molar-refractivity contribution in [2.24, 2.45) is 0 Å². The lowest BCUT2D eigenvalue weighted by Gasteiger charge is -2.24. The maximum absolute atomic E-state index is 5.76. The zero-order chi connectivity index (χ0) is 12.1. The fourth-order valence-electron chi connectivity index (χ4n) is 2.13. The van der Waals surface area contributed by atoms with Crippen molar-refractivity contribution in [3.8, 4) is 0 Å². The molecule has 0 N–H and O–H groups in total. The third kappa shape index (κ3) is 8.03. The van der Waals surface area contributed by atoms with Gasteiger partial charge in [-0.3, -0.25) is 0 Å². The fraction of sp³-hybridized carbons (Fsp3) is 1.00. The molecule has 0 aromatic heterocycles. The first-order valence-corrected chi connectivity index (χ1v) is 8.53. The summed E-state index contributed by atoms with van der Waals surface area (Å²) < 4.78 is 5.76. The number of hydrogen-bond acceptors (Lipinski definition) is 1. The predicted molar refractivity (Wildman–Crippen MR) is 72.5 cm³/mol. The van der Waals surface area contributed by atoms with E-state index in [-0.39, 0.29) is 5.60 Å². The summed E-state index contributed by atoms with van der Waals surface area (Å²) in [7, 11) is -0.546. The van der Waals surface area contributed by atoms with Crippen molar-refractivity contribution in [2.75, 3.05) is 6.61 Å². The molecule has 1 nitrogen and oxygen atoms in total. The molecule has 0 unspecified atom stereocenters. The summed E-state index contributed by atoms with van der Waals surface area (Å²) in [4.78, 5) is 0. The molecule has 0 aromatic rings. The molecule has 0 aromatic carbocycles. The minimum absolute atomic E-state index is 0.0344. The van der Waals surface area contributed by atoms with Gasteiger partial charge in [-0.15, -0.1) is 0 Å². The van der Waals surface area contributed by atoms with Gasteiger partial charge < -0.3 is 4.74 Å². The maximum atomic E-state index is 5.76. The van der Waals surface area contributed by atoms with Gasteiger partial charge >= 0.3 is 0 Å². The Morgan fingerprint density at radius 1 is 1.00 bits per heavy atom. The van der Waals surface area contributed by atoms with Crippen LogP contribution in [0.3, 0.4) is 0 Å². The molecule has 0 heterocycles. The van der Waals surface area contributed by atoms with Crippen molar-refractivity contribution in [1.82, 2.24) is 0 Å². The van der Waals surface area contributed by atoms with Gasteiger partial charge in [0.1, 0.15) is 0 Å². The Hall–Kier alpha value is 0.177. The van der Waals surface area contributed by atoms with E-state index in [4.69, 9.17) is 4.74 Å².